The van der Waals surface area contributed by atoms with Crippen molar-refractivity contribution < 1.29 is 9.18 Å². The molecule has 0 aliphatic heterocycles. The second-order valence-electron chi connectivity index (χ2n) is 4.73. The maximum Gasteiger partial charge on any atom is 0.254 e. The monoisotopic (exact) mass is 251 g/mol. The number of hydrogen-bond donors (Lipinski definition) is 0. The molecule has 0 saturated carbocycles. The van der Waals surface area contributed by atoms with Crippen LogP contribution in [-0.2, 0) is 0 Å². The molecule has 0 heterocycles. The van der Waals surface area contributed by atoms with Gasteiger partial charge < -0.3 is 4.90 Å². The molecule has 0 aromatic heterocycles. The van der Waals surface area contributed by atoms with E-state index in [1.54, 1.807) is 12.1 Å². The number of hydrogen-bond acceptors (Lipinski definition) is 1. The van der Waals surface area contributed by atoms with Crippen LogP contribution in [0, 0.1) is 5.82 Å². The molecule has 1 aromatic carbocycles. The molecule has 2 nitrogen and oxygen atoms in total. The molecule has 100 valence electrons. The van der Waals surface area contributed by atoms with E-state index in [0.717, 1.165) is 12.8 Å². The van der Waals surface area contributed by atoms with Gasteiger partial charge in [-0.3, -0.25) is 4.79 Å². The molecule has 1 amide bonds. The van der Waals surface area contributed by atoms with Crippen molar-refractivity contribution in [2.75, 3.05) is 0 Å². The van der Waals surface area contributed by atoms with Crippen LogP contribution in [0.3, 0.4) is 0 Å². The van der Waals surface area contributed by atoms with E-state index in [9.17, 15) is 9.18 Å². The third-order valence-electron chi connectivity index (χ3n) is 3.46. The van der Waals surface area contributed by atoms with Gasteiger partial charge in [0.15, 0.2) is 0 Å². The van der Waals surface area contributed by atoms with Crippen LogP contribution in [0.15, 0.2) is 24.3 Å². The lowest BCUT2D eigenvalue weighted by Crippen LogP contribution is -2.44. The molecule has 0 fully saturated rings. The Kier molecular flexibility index (Phi) is 5.32. The number of nitrogens with zero attached hydrogens (tertiary/aromatic N) is 1. The Labute approximate surface area is 109 Å². The van der Waals surface area contributed by atoms with Crippen molar-refractivity contribution in [3.05, 3.63) is 35.6 Å². The van der Waals surface area contributed by atoms with Crippen LogP contribution in [0.4, 0.5) is 4.39 Å². The highest BCUT2D eigenvalue weighted by molar-refractivity contribution is 5.94. The van der Waals surface area contributed by atoms with Gasteiger partial charge in [-0.05, 0) is 51.0 Å². The molecule has 0 radical (unpaired) electrons. The van der Waals surface area contributed by atoms with Crippen molar-refractivity contribution in [3.8, 4) is 0 Å². The van der Waals surface area contributed by atoms with Gasteiger partial charge in [0.1, 0.15) is 5.82 Å². The molecule has 1 aromatic rings. The molecule has 2 atom stereocenters. The molecule has 1 rings (SSSR count). The Morgan fingerprint density at radius 3 is 1.94 bits per heavy atom. The Balaban J connectivity index is 2.98. The van der Waals surface area contributed by atoms with Gasteiger partial charge in [-0.2, -0.15) is 0 Å². The molecule has 0 N–H and O–H groups in total. The van der Waals surface area contributed by atoms with Crippen molar-refractivity contribution in [3.63, 3.8) is 0 Å². The molecule has 3 heteroatoms. The number of rotatable bonds is 5. The Hall–Kier alpha value is -1.38. The van der Waals surface area contributed by atoms with Crippen molar-refractivity contribution in [1.82, 2.24) is 4.90 Å². The highest BCUT2D eigenvalue weighted by Crippen LogP contribution is 2.16. The lowest BCUT2D eigenvalue weighted by Gasteiger charge is -2.34. The highest BCUT2D eigenvalue weighted by Gasteiger charge is 2.24. The van der Waals surface area contributed by atoms with Crippen molar-refractivity contribution in [1.29, 1.82) is 0 Å². The van der Waals surface area contributed by atoms with E-state index in [0.29, 0.717) is 5.56 Å². The van der Waals surface area contributed by atoms with E-state index >= 15 is 0 Å². The predicted octanol–water partition coefficient (Wildman–Crippen LogP) is 3.86. The number of carbonyl (C=O) groups is 1. The normalized spacial score (nSPS) is 14.1. The standard InChI is InChI=1S/C15H22FNO/c1-5-11(3)17(12(4)6-2)15(18)13-7-9-14(16)10-8-13/h7-12H,5-6H2,1-4H3. The lowest BCUT2D eigenvalue weighted by atomic mass is 10.1. The average Bonchev–Trinajstić information content (AvgIpc) is 2.39. The summed E-state index contributed by atoms with van der Waals surface area (Å²) in [4.78, 5) is 14.4. The summed E-state index contributed by atoms with van der Waals surface area (Å²) in [5.74, 6) is -0.330. The summed E-state index contributed by atoms with van der Waals surface area (Å²) >= 11 is 0. The number of amides is 1. The predicted molar refractivity (Wildman–Crippen MR) is 72.1 cm³/mol. The smallest absolute Gasteiger partial charge is 0.254 e. The molecule has 0 aliphatic rings. The van der Waals surface area contributed by atoms with Crippen LogP contribution in [0.2, 0.25) is 0 Å². The molecule has 0 saturated heterocycles. The zero-order chi connectivity index (χ0) is 13.7. The molecular formula is C15H22FNO. The third kappa shape index (κ3) is 3.31. The fraction of sp³-hybridized carbons (Fsp3) is 0.533. The van der Waals surface area contributed by atoms with E-state index in [2.05, 4.69) is 13.8 Å². The van der Waals surface area contributed by atoms with Gasteiger partial charge in [0.25, 0.3) is 5.91 Å². The summed E-state index contributed by atoms with van der Waals surface area (Å²) in [5.41, 5.74) is 0.553. The van der Waals surface area contributed by atoms with Gasteiger partial charge in [-0.1, -0.05) is 13.8 Å². The third-order valence-corrected chi connectivity index (χ3v) is 3.46. The van der Waals surface area contributed by atoms with E-state index in [4.69, 9.17) is 0 Å². The second-order valence-corrected chi connectivity index (χ2v) is 4.73. The largest absolute Gasteiger partial charge is 0.333 e. The average molecular weight is 251 g/mol. The zero-order valence-electron chi connectivity index (χ0n) is 11.6. The number of halogens is 1. The first-order valence-corrected chi connectivity index (χ1v) is 6.59. The van der Waals surface area contributed by atoms with Gasteiger partial charge in [0.05, 0.1) is 0 Å². The van der Waals surface area contributed by atoms with Crippen LogP contribution >= 0.6 is 0 Å². The minimum atomic E-state index is -0.315. The van der Waals surface area contributed by atoms with Crippen LogP contribution in [-0.4, -0.2) is 22.9 Å². The minimum absolute atomic E-state index is 0.0151. The van der Waals surface area contributed by atoms with Crippen molar-refractivity contribution in [2.45, 2.75) is 52.6 Å². The lowest BCUT2D eigenvalue weighted by molar-refractivity contribution is 0.0598. The van der Waals surface area contributed by atoms with Crippen LogP contribution in [0.5, 0.6) is 0 Å². The Bertz CT molecular complexity index is 378. The van der Waals surface area contributed by atoms with E-state index < -0.39 is 0 Å². The van der Waals surface area contributed by atoms with Gasteiger partial charge in [0, 0.05) is 17.6 Å². The molecular weight excluding hydrogens is 229 g/mol. The summed E-state index contributed by atoms with van der Waals surface area (Å²) in [5, 5.41) is 0. The van der Waals surface area contributed by atoms with E-state index in [-0.39, 0.29) is 23.8 Å². The van der Waals surface area contributed by atoms with Gasteiger partial charge in [-0.25, -0.2) is 4.39 Å². The van der Waals surface area contributed by atoms with Crippen LogP contribution < -0.4 is 0 Å². The first-order valence-electron chi connectivity index (χ1n) is 6.59. The van der Waals surface area contributed by atoms with Gasteiger partial charge >= 0.3 is 0 Å². The summed E-state index contributed by atoms with van der Waals surface area (Å²) in [6, 6.07) is 6.15. The molecule has 0 aliphatic carbocycles. The van der Waals surface area contributed by atoms with Gasteiger partial charge in [-0.15, -0.1) is 0 Å². The maximum atomic E-state index is 12.9. The van der Waals surface area contributed by atoms with Crippen molar-refractivity contribution in [2.24, 2.45) is 0 Å². The highest BCUT2D eigenvalue weighted by atomic mass is 19.1. The van der Waals surface area contributed by atoms with Crippen LogP contribution in [0.1, 0.15) is 50.9 Å². The first kappa shape index (κ1) is 14.7. The number of carbonyl (C=O) groups excluding carboxylic acids is 1. The summed E-state index contributed by atoms with van der Waals surface area (Å²) in [7, 11) is 0. The molecule has 2 unspecified atom stereocenters. The molecule has 18 heavy (non-hydrogen) atoms. The molecule has 0 bridgehead atoms. The van der Waals surface area contributed by atoms with Crippen LogP contribution in [0.25, 0.3) is 0 Å². The first-order chi connectivity index (χ1) is 8.51. The Morgan fingerprint density at radius 2 is 1.56 bits per heavy atom. The fourth-order valence-corrected chi connectivity index (χ4v) is 1.97. The summed E-state index contributed by atoms with van der Waals surface area (Å²) in [6.07, 6.45) is 1.83. The van der Waals surface area contributed by atoms with Gasteiger partial charge in [0.2, 0.25) is 0 Å². The maximum absolute atomic E-state index is 12.9. The summed E-state index contributed by atoms with van der Waals surface area (Å²) in [6.45, 7) is 8.23. The Morgan fingerprint density at radius 1 is 1.11 bits per heavy atom. The summed E-state index contributed by atoms with van der Waals surface area (Å²) < 4.78 is 12.9. The second kappa shape index (κ2) is 6.53. The topological polar surface area (TPSA) is 20.3 Å². The SMILES string of the molecule is CCC(C)N(C(=O)c1ccc(F)cc1)C(C)CC. The number of benzene rings is 1. The molecule has 0 spiro atoms. The van der Waals surface area contributed by atoms with E-state index in [1.807, 2.05) is 18.7 Å². The zero-order valence-corrected chi connectivity index (χ0v) is 11.6. The fourth-order valence-electron chi connectivity index (χ4n) is 1.97. The quantitative estimate of drug-likeness (QED) is 0.778. The minimum Gasteiger partial charge on any atom is -0.333 e. The van der Waals surface area contributed by atoms with Crippen molar-refractivity contribution >= 4 is 5.91 Å². The van der Waals surface area contributed by atoms with E-state index in [1.165, 1.54) is 12.1 Å².